The molecule has 0 spiro atoms. The standard InChI is InChI=1S/C24H48NO6P.H2O/c1-6-8-9-10-11-12-13-14-15-16-17-18-20-30-32(27,28)31-23(22-25(3,4)5)21-24(26)29-19-7-2;/h7,23H,2,6,8-22H2,1,3-5H3;1H2/t23-;/m1./s1. The van der Waals surface area contributed by atoms with Crippen LogP contribution in [-0.4, -0.2) is 67.8 Å². The summed E-state index contributed by atoms with van der Waals surface area (Å²) in [6, 6.07) is 0. The van der Waals surface area contributed by atoms with Crippen LogP contribution in [-0.2, 0) is 23.1 Å². The van der Waals surface area contributed by atoms with Crippen molar-refractivity contribution in [2.75, 3.05) is 40.9 Å². The quantitative estimate of drug-likeness (QED) is 0.0660. The van der Waals surface area contributed by atoms with Gasteiger partial charge in [-0.05, 0) is 6.42 Å². The van der Waals surface area contributed by atoms with Crippen molar-refractivity contribution in [2.45, 2.75) is 96.5 Å². The molecule has 0 fully saturated rings. The first-order valence-corrected chi connectivity index (χ1v) is 13.8. The average molecular weight is 496 g/mol. The molecular formula is C24H50NO7P. The fourth-order valence-corrected chi connectivity index (χ4v) is 4.42. The van der Waals surface area contributed by atoms with Crippen molar-refractivity contribution in [3.8, 4) is 0 Å². The lowest BCUT2D eigenvalue weighted by atomic mass is 10.1. The molecule has 0 amide bonds. The van der Waals surface area contributed by atoms with Gasteiger partial charge in [0.25, 0.3) is 0 Å². The number of carbonyl (C=O) groups is 1. The first kappa shape index (κ1) is 34.4. The molecule has 0 rings (SSSR count). The fraction of sp³-hybridized carbons (Fsp3) is 0.875. The van der Waals surface area contributed by atoms with Gasteiger partial charge >= 0.3 is 13.8 Å². The van der Waals surface area contributed by atoms with Gasteiger partial charge < -0.3 is 19.6 Å². The first-order chi connectivity index (χ1) is 15.1. The lowest BCUT2D eigenvalue weighted by Crippen LogP contribution is -2.43. The van der Waals surface area contributed by atoms with Crippen molar-refractivity contribution >= 4 is 13.8 Å². The predicted molar refractivity (Wildman–Crippen MR) is 132 cm³/mol. The summed E-state index contributed by atoms with van der Waals surface area (Å²) in [4.78, 5) is 22.0. The number of phosphoric ester groups is 1. The lowest BCUT2D eigenvalue weighted by molar-refractivity contribution is -0.873. The van der Waals surface area contributed by atoms with Gasteiger partial charge in [-0.25, -0.2) is 4.57 Å². The Morgan fingerprint density at radius 3 is 1.91 bits per heavy atom. The summed E-state index contributed by atoms with van der Waals surface area (Å²) >= 11 is 0. The number of hydrogen-bond donors (Lipinski definition) is 1. The van der Waals surface area contributed by atoms with Gasteiger partial charge in [-0.1, -0.05) is 90.2 Å². The zero-order valence-corrected chi connectivity index (χ0v) is 22.4. The third kappa shape index (κ3) is 24.2. The molecule has 2 atom stereocenters. The molecule has 0 aliphatic rings. The second kappa shape index (κ2) is 20.6. The summed E-state index contributed by atoms with van der Waals surface area (Å²) in [6.45, 7) is 6.38. The minimum absolute atomic E-state index is 0. The second-order valence-corrected chi connectivity index (χ2v) is 11.0. The van der Waals surface area contributed by atoms with Crippen molar-refractivity contribution in [3.05, 3.63) is 12.7 Å². The van der Waals surface area contributed by atoms with E-state index in [9.17, 15) is 14.3 Å². The number of hydrogen-bond acceptors (Lipinski definition) is 6. The molecule has 8 nitrogen and oxygen atoms in total. The maximum Gasteiger partial charge on any atom is 0.472 e. The summed E-state index contributed by atoms with van der Waals surface area (Å²) in [5.41, 5.74) is 0. The molecule has 9 heteroatoms. The highest BCUT2D eigenvalue weighted by molar-refractivity contribution is 7.47. The van der Waals surface area contributed by atoms with Crippen molar-refractivity contribution in [3.63, 3.8) is 0 Å². The summed E-state index contributed by atoms with van der Waals surface area (Å²) in [6.07, 6.45) is 15.2. The van der Waals surface area contributed by atoms with Crippen molar-refractivity contribution in [2.24, 2.45) is 0 Å². The van der Waals surface area contributed by atoms with Crippen LogP contribution in [0.4, 0.5) is 0 Å². The Morgan fingerprint density at radius 1 is 0.970 bits per heavy atom. The van der Waals surface area contributed by atoms with E-state index in [1.165, 1.54) is 63.9 Å². The largest absolute Gasteiger partial charge is 0.870 e. The highest BCUT2D eigenvalue weighted by Gasteiger charge is 2.32. The number of likely N-dealkylation sites (N-methyl/N-ethyl adjacent to an activating group) is 1. The second-order valence-electron chi connectivity index (χ2n) is 9.57. The number of nitrogens with zero attached hydrogens (tertiary/aromatic N) is 1. The Morgan fingerprint density at radius 2 is 1.45 bits per heavy atom. The molecule has 198 valence electrons. The van der Waals surface area contributed by atoms with Gasteiger partial charge in [-0.3, -0.25) is 13.8 Å². The highest BCUT2D eigenvalue weighted by atomic mass is 31.2. The van der Waals surface area contributed by atoms with Crippen LogP contribution in [0.2, 0.25) is 0 Å². The molecule has 0 aromatic carbocycles. The number of unbranched alkanes of at least 4 members (excludes halogenated alkanes) is 11. The minimum atomic E-state index is -4.24. The third-order valence-corrected chi connectivity index (χ3v) is 6.12. The molecule has 0 bridgehead atoms. The molecule has 1 unspecified atom stereocenters. The molecule has 0 aliphatic heterocycles. The normalized spacial score (nSPS) is 14.2. The zero-order chi connectivity index (χ0) is 24.3. The third-order valence-electron chi connectivity index (χ3n) is 5.04. The minimum Gasteiger partial charge on any atom is -0.870 e. The number of phosphoric acid groups is 1. The number of ether oxygens (including phenoxy) is 1. The smallest absolute Gasteiger partial charge is 0.472 e. The van der Waals surface area contributed by atoms with Gasteiger partial charge in [-0.15, -0.1) is 0 Å². The number of esters is 1. The predicted octanol–water partition coefficient (Wildman–Crippen LogP) is 5.84. The van der Waals surface area contributed by atoms with Crippen LogP contribution >= 0.6 is 7.82 Å². The number of quaternary nitrogens is 1. The van der Waals surface area contributed by atoms with Crippen LogP contribution < -0.4 is 0 Å². The number of carbonyl (C=O) groups excluding carboxylic acids is 1. The topological polar surface area (TPSA) is 112 Å². The van der Waals surface area contributed by atoms with Gasteiger partial charge in [0.15, 0.2) is 0 Å². The summed E-state index contributed by atoms with van der Waals surface area (Å²) < 4.78 is 28.3. The Balaban J connectivity index is 0. The molecular weight excluding hydrogens is 445 g/mol. The summed E-state index contributed by atoms with van der Waals surface area (Å²) in [5, 5.41) is 0. The van der Waals surface area contributed by atoms with E-state index in [0.29, 0.717) is 17.4 Å². The Hall–Kier alpha value is -0.760. The molecule has 2 N–H and O–H groups in total. The van der Waals surface area contributed by atoms with E-state index < -0.39 is 19.9 Å². The molecule has 0 heterocycles. The summed E-state index contributed by atoms with van der Waals surface area (Å²) in [5.74, 6) is -0.496. The van der Waals surface area contributed by atoms with Gasteiger partial charge in [0.2, 0.25) is 0 Å². The van der Waals surface area contributed by atoms with Crippen LogP contribution in [0.1, 0.15) is 90.4 Å². The fourth-order valence-electron chi connectivity index (χ4n) is 3.48. The Labute approximate surface area is 202 Å². The summed E-state index contributed by atoms with van der Waals surface area (Å²) in [7, 11) is 1.52. The van der Waals surface area contributed by atoms with Crippen molar-refractivity contribution in [1.82, 2.24) is 0 Å². The maximum absolute atomic E-state index is 12.3. The molecule has 0 saturated heterocycles. The van der Waals surface area contributed by atoms with Crippen LogP contribution in [0.15, 0.2) is 12.7 Å². The van der Waals surface area contributed by atoms with Gasteiger partial charge in [-0.2, -0.15) is 0 Å². The van der Waals surface area contributed by atoms with E-state index in [1.807, 2.05) is 21.1 Å². The van der Waals surface area contributed by atoms with Gasteiger partial charge in [0.05, 0.1) is 34.2 Å². The van der Waals surface area contributed by atoms with Gasteiger partial charge in [0.1, 0.15) is 19.3 Å². The average Bonchev–Trinajstić information content (AvgIpc) is 2.68. The Kier molecular flexibility index (Phi) is 21.5. The van der Waals surface area contributed by atoms with E-state index in [1.54, 1.807) is 0 Å². The van der Waals surface area contributed by atoms with Crippen LogP contribution in [0.25, 0.3) is 0 Å². The molecule has 0 saturated carbocycles. The molecule has 33 heavy (non-hydrogen) atoms. The monoisotopic (exact) mass is 495 g/mol. The van der Waals surface area contributed by atoms with E-state index in [-0.39, 0.29) is 25.1 Å². The Bertz CT molecular complexity index is 537. The van der Waals surface area contributed by atoms with E-state index >= 15 is 0 Å². The number of rotatable bonds is 22. The maximum atomic E-state index is 12.3. The van der Waals surface area contributed by atoms with Crippen LogP contribution in [0.3, 0.4) is 0 Å². The van der Waals surface area contributed by atoms with Crippen molar-refractivity contribution in [1.29, 1.82) is 0 Å². The molecule has 0 aromatic rings. The highest BCUT2D eigenvalue weighted by Crippen LogP contribution is 2.45. The van der Waals surface area contributed by atoms with Crippen LogP contribution in [0.5, 0.6) is 0 Å². The lowest BCUT2D eigenvalue weighted by Gasteiger charge is -2.29. The SMILES string of the molecule is C=CCOC(=O)C[C@H](C[N+](C)(C)C)OP(=O)(O)OCCCCCCCCCCCCCC.[OH-]. The van der Waals surface area contributed by atoms with Crippen molar-refractivity contribution < 1.29 is 38.0 Å². The zero-order valence-electron chi connectivity index (χ0n) is 21.5. The molecule has 0 aromatic heterocycles. The van der Waals surface area contributed by atoms with E-state index in [2.05, 4.69) is 13.5 Å². The molecule has 0 radical (unpaired) electrons. The van der Waals surface area contributed by atoms with Crippen LogP contribution in [0, 0.1) is 0 Å². The van der Waals surface area contributed by atoms with Gasteiger partial charge in [0, 0.05) is 0 Å². The molecule has 0 aliphatic carbocycles. The first-order valence-electron chi connectivity index (χ1n) is 12.3. The van der Waals surface area contributed by atoms with E-state index in [0.717, 1.165) is 12.8 Å². The van der Waals surface area contributed by atoms with E-state index in [4.69, 9.17) is 13.8 Å².